The van der Waals surface area contributed by atoms with Gasteiger partial charge in [-0.1, -0.05) is 12.1 Å². The molecule has 0 spiro atoms. The standard InChI is InChI=1S/C13H18N4O/c1-8-5-6-9(12(14)15)7-11(8)17-13(18)16-10-3-2-4-10/h5-7,10H,2-4H2,1H3,(H3,14,15)(H2,16,17,18). The van der Waals surface area contributed by atoms with Crippen LogP contribution in [0.1, 0.15) is 30.4 Å². The highest BCUT2D eigenvalue weighted by molar-refractivity contribution is 5.98. The van der Waals surface area contributed by atoms with Crippen molar-refractivity contribution < 1.29 is 4.79 Å². The molecular formula is C13H18N4O. The van der Waals surface area contributed by atoms with Crippen LogP contribution < -0.4 is 16.4 Å². The number of benzene rings is 1. The molecule has 1 aliphatic rings. The Bertz CT molecular complexity index is 480. The molecule has 0 aromatic heterocycles. The lowest BCUT2D eigenvalue weighted by atomic mass is 9.93. The van der Waals surface area contributed by atoms with Crippen molar-refractivity contribution in [3.63, 3.8) is 0 Å². The summed E-state index contributed by atoms with van der Waals surface area (Å²) in [6.45, 7) is 1.91. The van der Waals surface area contributed by atoms with Crippen LogP contribution in [0.15, 0.2) is 18.2 Å². The van der Waals surface area contributed by atoms with E-state index in [1.165, 1.54) is 6.42 Å². The van der Waals surface area contributed by atoms with Crippen LogP contribution in [-0.2, 0) is 0 Å². The van der Waals surface area contributed by atoms with Crippen LogP contribution in [0.5, 0.6) is 0 Å². The van der Waals surface area contributed by atoms with E-state index >= 15 is 0 Å². The van der Waals surface area contributed by atoms with Gasteiger partial charge in [0.25, 0.3) is 0 Å². The molecule has 0 heterocycles. The number of hydrogen-bond donors (Lipinski definition) is 4. The van der Waals surface area contributed by atoms with Crippen molar-refractivity contribution in [3.8, 4) is 0 Å². The molecule has 1 fully saturated rings. The smallest absolute Gasteiger partial charge is 0.319 e. The molecule has 0 radical (unpaired) electrons. The fraction of sp³-hybridized carbons (Fsp3) is 0.385. The summed E-state index contributed by atoms with van der Waals surface area (Å²) in [5, 5.41) is 13.1. The minimum Gasteiger partial charge on any atom is -0.384 e. The Balaban J connectivity index is 2.04. The highest BCUT2D eigenvalue weighted by Crippen LogP contribution is 2.19. The summed E-state index contributed by atoms with van der Waals surface area (Å²) in [6.07, 6.45) is 3.30. The number of nitrogen functional groups attached to an aromatic ring is 1. The summed E-state index contributed by atoms with van der Waals surface area (Å²) < 4.78 is 0. The van der Waals surface area contributed by atoms with E-state index in [0.717, 1.165) is 18.4 Å². The molecular weight excluding hydrogens is 228 g/mol. The number of rotatable bonds is 3. The maximum Gasteiger partial charge on any atom is 0.319 e. The number of carbonyl (C=O) groups excluding carboxylic acids is 1. The predicted octanol–water partition coefficient (Wildman–Crippen LogP) is 1.95. The SMILES string of the molecule is Cc1ccc(C(=N)N)cc1NC(=O)NC1CCC1. The molecule has 18 heavy (non-hydrogen) atoms. The van der Waals surface area contributed by atoms with Crippen molar-refractivity contribution in [3.05, 3.63) is 29.3 Å². The fourth-order valence-corrected chi connectivity index (χ4v) is 1.82. The van der Waals surface area contributed by atoms with Gasteiger partial charge in [0.2, 0.25) is 0 Å². The zero-order chi connectivity index (χ0) is 13.1. The van der Waals surface area contributed by atoms with Crippen LogP contribution in [0.25, 0.3) is 0 Å². The minimum absolute atomic E-state index is 0.00236. The second-order valence-corrected chi connectivity index (χ2v) is 4.67. The van der Waals surface area contributed by atoms with E-state index < -0.39 is 0 Å². The van der Waals surface area contributed by atoms with Crippen LogP contribution in [0.2, 0.25) is 0 Å². The van der Waals surface area contributed by atoms with Crippen LogP contribution in [0.4, 0.5) is 10.5 Å². The molecule has 0 unspecified atom stereocenters. The average molecular weight is 246 g/mol. The molecule has 1 saturated carbocycles. The molecule has 0 atom stereocenters. The number of amides is 2. The van der Waals surface area contributed by atoms with E-state index in [0.29, 0.717) is 17.3 Å². The Morgan fingerprint density at radius 2 is 2.17 bits per heavy atom. The lowest BCUT2D eigenvalue weighted by Gasteiger charge is -2.26. The quantitative estimate of drug-likeness (QED) is 0.485. The lowest BCUT2D eigenvalue weighted by Crippen LogP contribution is -2.42. The molecule has 1 aromatic rings. The van der Waals surface area contributed by atoms with Gasteiger partial charge >= 0.3 is 6.03 Å². The van der Waals surface area contributed by atoms with Crippen molar-refractivity contribution in [2.24, 2.45) is 5.73 Å². The largest absolute Gasteiger partial charge is 0.384 e. The molecule has 96 valence electrons. The summed E-state index contributed by atoms with van der Waals surface area (Å²) in [7, 11) is 0. The second-order valence-electron chi connectivity index (χ2n) is 4.67. The lowest BCUT2D eigenvalue weighted by molar-refractivity contribution is 0.240. The predicted molar refractivity (Wildman–Crippen MR) is 72.0 cm³/mol. The van der Waals surface area contributed by atoms with Gasteiger partial charge in [-0.2, -0.15) is 0 Å². The average Bonchev–Trinajstić information content (AvgIpc) is 2.26. The van der Waals surface area contributed by atoms with Gasteiger partial charge in [0.1, 0.15) is 5.84 Å². The minimum atomic E-state index is -0.191. The third-order valence-electron chi connectivity index (χ3n) is 3.24. The molecule has 1 aromatic carbocycles. The molecule has 5 N–H and O–H groups in total. The molecule has 1 aliphatic carbocycles. The summed E-state index contributed by atoms with van der Waals surface area (Å²) in [6, 6.07) is 5.45. The number of amidine groups is 1. The van der Waals surface area contributed by atoms with Crippen LogP contribution in [0.3, 0.4) is 0 Å². The van der Waals surface area contributed by atoms with Crippen molar-refractivity contribution in [2.45, 2.75) is 32.2 Å². The summed E-state index contributed by atoms with van der Waals surface area (Å²) >= 11 is 0. The first-order chi connectivity index (χ1) is 8.56. The zero-order valence-electron chi connectivity index (χ0n) is 10.4. The maximum atomic E-state index is 11.7. The van der Waals surface area contributed by atoms with Gasteiger partial charge < -0.3 is 16.4 Å². The summed E-state index contributed by atoms with van der Waals surface area (Å²) in [4.78, 5) is 11.7. The van der Waals surface area contributed by atoms with Gasteiger partial charge in [-0.25, -0.2) is 4.79 Å². The molecule has 5 heteroatoms. The topological polar surface area (TPSA) is 91.0 Å². The number of carbonyl (C=O) groups is 1. The Kier molecular flexibility index (Phi) is 3.50. The second kappa shape index (κ2) is 5.08. The van der Waals surface area contributed by atoms with E-state index in [-0.39, 0.29) is 11.9 Å². The number of urea groups is 1. The molecule has 5 nitrogen and oxygen atoms in total. The Morgan fingerprint density at radius 1 is 1.44 bits per heavy atom. The summed E-state index contributed by atoms with van der Waals surface area (Å²) in [5.41, 5.74) is 7.68. The monoisotopic (exact) mass is 246 g/mol. The van der Waals surface area contributed by atoms with Gasteiger partial charge in [-0.3, -0.25) is 5.41 Å². The zero-order valence-corrected chi connectivity index (χ0v) is 10.4. The van der Waals surface area contributed by atoms with Crippen molar-refractivity contribution in [1.29, 1.82) is 5.41 Å². The Morgan fingerprint density at radius 3 is 2.72 bits per heavy atom. The third kappa shape index (κ3) is 2.80. The van der Waals surface area contributed by atoms with Gasteiger partial charge in [0, 0.05) is 17.3 Å². The van der Waals surface area contributed by atoms with Crippen LogP contribution in [-0.4, -0.2) is 17.9 Å². The number of aryl methyl sites for hydroxylation is 1. The summed E-state index contributed by atoms with van der Waals surface area (Å²) in [5.74, 6) is -0.00236. The molecule has 0 bridgehead atoms. The van der Waals surface area contributed by atoms with Gasteiger partial charge in [0.05, 0.1) is 0 Å². The molecule has 2 amide bonds. The number of anilines is 1. The van der Waals surface area contributed by atoms with E-state index in [4.69, 9.17) is 11.1 Å². The van der Waals surface area contributed by atoms with Gasteiger partial charge in [-0.05, 0) is 37.8 Å². The Labute approximate surface area is 106 Å². The van der Waals surface area contributed by atoms with Crippen molar-refractivity contribution >= 4 is 17.6 Å². The number of nitrogens with two attached hydrogens (primary N) is 1. The van der Waals surface area contributed by atoms with Crippen molar-refractivity contribution in [1.82, 2.24) is 5.32 Å². The molecule has 0 saturated heterocycles. The first-order valence-corrected chi connectivity index (χ1v) is 6.09. The van der Waals surface area contributed by atoms with Crippen molar-refractivity contribution in [2.75, 3.05) is 5.32 Å². The number of hydrogen-bond acceptors (Lipinski definition) is 2. The maximum absolute atomic E-state index is 11.7. The fourth-order valence-electron chi connectivity index (χ4n) is 1.82. The normalized spacial score (nSPS) is 14.7. The highest BCUT2D eigenvalue weighted by Gasteiger charge is 2.19. The molecule has 2 rings (SSSR count). The van der Waals surface area contributed by atoms with Crippen LogP contribution >= 0.6 is 0 Å². The first-order valence-electron chi connectivity index (χ1n) is 6.09. The van der Waals surface area contributed by atoms with E-state index in [9.17, 15) is 4.79 Å². The van der Waals surface area contributed by atoms with E-state index in [2.05, 4.69) is 10.6 Å². The van der Waals surface area contributed by atoms with Crippen LogP contribution in [0, 0.1) is 12.3 Å². The van der Waals surface area contributed by atoms with Gasteiger partial charge in [-0.15, -0.1) is 0 Å². The van der Waals surface area contributed by atoms with Gasteiger partial charge in [0.15, 0.2) is 0 Å². The number of nitrogens with one attached hydrogen (secondary N) is 3. The molecule has 0 aliphatic heterocycles. The third-order valence-corrected chi connectivity index (χ3v) is 3.24. The Hall–Kier alpha value is -2.04. The highest BCUT2D eigenvalue weighted by atomic mass is 16.2. The van der Waals surface area contributed by atoms with E-state index in [1.54, 1.807) is 12.1 Å². The van der Waals surface area contributed by atoms with E-state index in [1.807, 2.05) is 13.0 Å². The first kappa shape index (κ1) is 12.4.